The fourth-order valence-corrected chi connectivity index (χ4v) is 1.62. The van der Waals surface area contributed by atoms with Gasteiger partial charge < -0.3 is 10.0 Å². The van der Waals surface area contributed by atoms with Gasteiger partial charge in [0.1, 0.15) is 5.82 Å². The first kappa shape index (κ1) is 14.4. The Bertz CT molecular complexity index is 465. The zero-order valence-corrected chi connectivity index (χ0v) is 10.6. The second kappa shape index (κ2) is 6.35. The molecule has 18 heavy (non-hydrogen) atoms. The molecule has 6 heteroatoms. The number of anilines is 1. The van der Waals surface area contributed by atoms with Crippen LogP contribution < -0.4 is 4.90 Å². The number of nitrogens with zero attached hydrogens (tertiary/aromatic N) is 1. The minimum Gasteiger partial charge on any atom is -0.481 e. The fraction of sp³-hybridized carbons (Fsp3) is 0.333. The Morgan fingerprint density at radius 3 is 2.61 bits per heavy atom. The van der Waals surface area contributed by atoms with E-state index in [9.17, 15) is 14.0 Å². The first-order valence-electron chi connectivity index (χ1n) is 5.43. The molecule has 1 aromatic carbocycles. The number of carbonyl (C=O) groups is 2. The van der Waals surface area contributed by atoms with Gasteiger partial charge in [-0.25, -0.2) is 4.39 Å². The van der Waals surface area contributed by atoms with Crippen molar-refractivity contribution in [3.8, 4) is 0 Å². The fourth-order valence-electron chi connectivity index (χ4n) is 1.45. The van der Waals surface area contributed by atoms with Gasteiger partial charge in [0.15, 0.2) is 0 Å². The first-order chi connectivity index (χ1) is 8.45. The summed E-state index contributed by atoms with van der Waals surface area (Å²) in [6.07, 6.45) is 0.0509. The summed E-state index contributed by atoms with van der Waals surface area (Å²) in [5.74, 6) is -1.82. The second-order valence-electron chi connectivity index (χ2n) is 3.64. The number of rotatable bonds is 5. The summed E-state index contributed by atoms with van der Waals surface area (Å²) in [7, 11) is 0. The van der Waals surface area contributed by atoms with E-state index in [0.29, 0.717) is 5.69 Å². The molecule has 1 amide bonds. The van der Waals surface area contributed by atoms with Crippen molar-refractivity contribution in [2.75, 3.05) is 11.4 Å². The highest BCUT2D eigenvalue weighted by molar-refractivity contribution is 6.31. The summed E-state index contributed by atoms with van der Waals surface area (Å²) >= 11 is 5.64. The van der Waals surface area contributed by atoms with Crippen LogP contribution in [0.2, 0.25) is 5.02 Å². The number of amides is 1. The van der Waals surface area contributed by atoms with Gasteiger partial charge in [-0.2, -0.15) is 0 Å². The van der Waals surface area contributed by atoms with Crippen LogP contribution in [0.5, 0.6) is 0 Å². The van der Waals surface area contributed by atoms with Crippen molar-refractivity contribution in [3.63, 3.8) is 0 Å². The lowest BCUT2D eigenvalue weighted by molar-refractivity contribution is -0.136. The van der Waals surface area contributed by atoms with E-state index in [1.165, 1.54) is 17.0 Å². The van der Waals surface area contributed by atoms with Gasteiger partial charge in [0.25, 0.3) is 0 Å². The third-order valence-corrected chi connectivity index (χ3v) is 2.66. The normalized spacial score (nSPS) is 10.2. The number of hydrogen-bond acceptors (Lipinski definition) is 2. The number of benzene rings is 1. The highest BCUT2D eigenvalue weighted by Crippen LogP contribution is 2.23. The molecule has 1 aromatic rings. The molecule has 0 radical (unpaired) electrons. The lowest BCUT2D eigenvalue weighted by Crippen LogP contribution is -2.32. The Labute approximate surface area is 109 Å². The molecule has 0 spiro atoms. The van der Waals surface area contributed by atoms with Crippen LogP contribution in [0.1, 0.15) is 19.8 Å². The third-order valence-electron chi connectivity index (χ3n) is 2.37. The Balaban J connectivity index is 2.97. The van der Waals surface area contributed by atoms with Crippen LogP contribution in [-0.2, 0) is 9.59 Å². The predicted octanol–water partition coefficient (Wildman–Crippen LogP) is 2.70. The summed E-state index contributed by atoms with van der Waals surface area (Å²) in [6.45, 7) is 1.70. The first-order valence-corrected chi connectivity index (χ1v) is 5.80. The maximum atomic E-state index is 13.0. The van der Waals surface area contributed by atoms with E-state index in [4.69, 9.17) is 16.7 Å². The molecule has 0 saturated heterocycles. The quantitative estimate of drug-likeness (QED) is 0.897. The number of carbonyl (C=O) groups excluding carboxylic acids is 1. The van der Waals surface area contributed by atoms with Gasteiger partial charge in [0.05, 0.1) is 11.4 Å². The number of aliphatic carboxylic acids is 1. The summed E-state index contributed by atoms with van der Waals surface area (Å²) in [5.41, 5.74) is 0.398. The van der Waals surface area contributed by atoms with Crippen molar-refractivity contribution < 1.29 is 19.1 Å². The summed E-state index contributed by atoms with van der Waals surface area (Å²) in [5, 5.41) is 8.54. The standard InChI is InChI=1S/C12H13ClFNO3/c1-2-11(16)15(6-5-12(17)18)8-3-4-10(14)9(13)7-8/h3-4,7H,2,5-6H2,1H3,(H,17,18). The number of carboxylic acid groups (broad SMARTS) is 1. The van der Waals surface area contributed by atoms with Crippen LogP contribution in [0.3, 0.4) is 0 Å². The van der Waals surface area contributed by atoms with Gasteiger partial charge in [0.2, 0.25) is 5.91 Å². The van der Waals surface area contributed by atoms with Crippen LogP contribution in [-0.4, -0.2) is 23.5 Å². The smallest absolute Gasteiger partial charge is 0.305 e. The van der Waals surface area contributed by atoms with Gasteiger partial charge in [-0.1, -0.05) is 18.5 Å². The lowest BCUT2D eigenvalue weighted by atomic mass is 10.2. The molecule has 0 aliphatic heterocycles. The minimum absolute atomic E-state index is 0.0317. The molecule has 0 aliphatic carbocycles. The maximum absolute atomic E-state index is 13.0. The Kier molecular flexibility index (Phi) is 5.09. The molecule has 0 fully saturated rings. The maximum Gasteiger partial charge on any atom is 0.305 e. The molecular weight excluding hydrogens is 261 g/mol. The van der Waals surface area contributed by atoms with Crippen LogP contribution >= 0.6 is 11.6 Å². The number of halogens is 2. The largest absolute Gasteiger partial charge is 0.481 e. The van der Waals surface area contributed by atoms with Crippen molar-refractivity contribution in [2.45, 2.75) is 19.8 Å². The van der Waals surface area contributed by atoms with Crippen LogP contribution in [0.15, 0.2) is 18.2 Å². The highest BCUT2D eigenvalue weighted by atomic mass is 35.5. The third kappa shape index (κ3) is 3.70. The van der Waals surface area contributed by atoms with Crippen molar-refractivity contribution in [3.05, 3.63) is 29.0 Å². The summed E-state index contributed by atoms with van der Waals surface area (Å²) in [6, 6.07) is 3.86. The molecule has 0 unspecified atom stereocenters. The van der Waals surface area contributed by atoms with E-state index in [2.05, 4.69) is 0 Å². The average molecular weight is 274 g/mol. The second-order valence-corrected chi connectivity index (χ2v) is 4.05. The van der Waals surface area contributed by atoms with Crippen molar-refractivity contribution >= 4 is 29.2 Å². The molecule has 4 nitrogen and oxygen atoms in total. The zero-order chi connectivity index (χ0) is 13.7. The van der Waals surface area contributed by atoms with Gasteiger partial charge in [-0.3, -0.25) is 9.59 Å². The van der Waals surface area contributed by atoms with Crippen LogP contribution in [0, 0.1) is 5.82 Å². The number of carboxylic acids is 1. The summed E-state index contributed by atoms with van der Waals surface area (Å²) < 4.78 is 13.0. The van der Waals surface area contributed by atoms with Crippen molar-refractivity contribution in [2.24, 2.45) is 0 Å². The predicted molar refractivity (Wildman–Crippen MR) is 66.3 cm³/mol. The molecule has 0 heterocycles. The summed E-state index contributed by atoms with van der Waals surface area (Å²) in [4.78, 5) is 23.6. The lowest BCUT2D eigenvalue weighted by Gasteiger charge is -2.21. The highest BCUT2D eigenvalue weighted by Gasteiger charge is 2.16. The molecule has 0 atom stereocenters. The molecule has 0 aromatic heterocycles. The van der Waals surface area contributed by atoms with Crippen LogP contribution in [0.25, 0.3) is 0 Å². The van der Waals surface area contributed by atoms with Gasteiger partial charge >= 0.3 is 5.97 Å². The van der Waals surface area contributed by atoms with Gasteiger partial charge in [-0.15, -0.1) is 0 Å². The molecule has 1 rings (SSSR count). The van der Waals surface area contributed by atoms with E-state index < -0.39 is 11.8 Å². The topological polar surface area (TPSA) is 57.6 Å². The van der Waals surface area contributed by atoms with E-state index in [1.54, 1.807) is 6.92 Å². The van der Waals surface area contributed by atoms with Crippen LogP contribution in [0.4, 0.5) is 10.1 Å². The van der Waals surface area contributed by atoms with E-state index in [0.717, 1.165) is 6.07 Å². The molecular formula is C12H13ClFNO3. The van der Waals surface area contributed by atoms with Crippen molar-refractivity contribution in [1.82, 2.24) is 0 Å². The zero-order valence-electron chi connectivity index (χ0n) is 9.82. The van der Waals surface area contributed by atoms with E-state index >= 15 is 0 Å². The average Bonchev–Trinajstić information content (AvgIpc) is 2.33. The molecule has 0 bridgehead atoms. The monoisotopic (exact) mass is 273 g/mol. The molecule has 0 saturated carbocycles. The number of hydrogen-bond donors (Lipinski definition) is 1. The molecule has 98 valence electrons. The minimum atomic E-state index is -1.00. The van der Waals surface area contributed by atoms with Gasteiger partial charge in [-0.05, 0) is 18.2 Å². The molecule has 1 N–H and O–H groups in total. The Hall–Kier alpha value is -1.62. The van der Waals surface area contributed by atoms with Crippen molar-refractivity contribution in [1.29, 1.82) is 0 Å². The Morgan fingerprint density at radius 1 is 1.44 bits per heavy atom. The van der Waals surface area contributed by atoms with Gasteiger partial charge in [0, 0.05) is 18.7 Å². The van der Waals surface area contributed by atoms with E-state index in [-0.39, 0.29) is 30.3 Å². The Morgan fingerprint density at radius 2 is 2.11 bits per heavy atom. The van der Waals surface area contributed by atoms with E-state index in [1.807, 2.05) is 0 Å². The molecule has 0 aliphatic rings. The SMILES string of the molecule is CCC(=O)N(CCC(=O)O)c1ccc(F)c(Cl)c1.